The summed E-state index contributed by atoms with van der Waals surface area (Å²) in [6.07, 6.45) is 2.03. The van der Waals surface area contributed by atoms with Crippen molar-refractivity contribution in [1.29, 1.82) is 0 Å². The van der Waals surface area contributed by atoms with Gasteiger partial charge in [0.25, 0.3) is 0 Å². The van der Waals surface area contributed by atoms with Crippen LogP contribution in [0.3, 0.4) is 0 Å². The second kappa shape index (κ2) is 11.7. The monoisotopic (exact) mass is 398 g/mol. The molecule has 0 aromatic heterocycles. The van der Waals surface area contributed by atoms with Crippen LogP contribution in [0.15, 0.2) is 0 Å². The zero-order valence-electron chi connectivity index (χ0n) is 17.6. The first-order valence-corrected chi connectivity index (χ1v) is 10.6. The van der Waals surface area contributed by atoms with Gasteiger partial charge in [-0.25, -0.2) is 0 Å². The first-order valence-electron chi connectivity index (χ1n) is 10.6. The zero-order valence-corrected chi connectivity index (χ0v) is 17.6. The highest BCUT2D eigenvalue weighted by Gasteiger charge is 2.24. The molecule has 28 heavy (non-hydrogen) atoms. The fourth-order valence-electron chi connectivity index (χ4n) is 4.49. The van der Waals surface area contributed by atoms with Crippen LogP contribution < -0.4 is 0 Å². The molecule has 2 saturated heterocycles. The maximum absolute atomic E-state index is 11.3. The number of carboxylic acids is 2. The molecule has 2 N–H and O–H groups in total. The summed E-state index contributed by atoms with van der Waals surface area (Å²) in [6.45, 7) is 13.4. The quantitative estimate of drug-likeness (QED) is 0.667. The topological polar surface area (TPSA) is 87.6 Å². The summed E-state index contributed by atoms with van der Waals surface area (Å²) >= 11 is 0. The van der Waals surface area contributed by atoms with Gasteiger partial charge < -0.3 is 20.0 Å². The molecule has 162 valence electrons. The maximum atomic E-state index is 11.3. The number of nitrogens with zero attached hydrogens (tertiary/aromatic N) is 4. The average molecular weight is 399 g/mol. The van der Waals surface area contributed by atoms with Crippen molar-refractivity contribution in [3.05, 3.63) is 0 Å². The van der Waals surface area contributed by atoms with Gasteiger partial charge in [-0.3, -0.25) is 19.4 Å². The minimum Gasteiger partial charge on any atom is -0.480 e. The molecule has 2 rings (SSSR count). The minimum absolute atomic E-state index is 0.106. The normalized spacial score (nSPS) is 28.9. The number of aliphatic carboxylic acids is 2. The van der Waals surface area contributed by atoms with Crippen LogP contribution in [-0.2, 0) is 9.59 Å². The van der Waals surface area contributed by atoms with E-state index in [9.17, 15) is 19.8 Å². The van der Waals surface area contributed by atoms with E-state index in [2.05, 4.69) is 33.4 Å². The standard InChI is InChI=1S/C20H38N4O4/c1-17(2)12-18-13-23-8-6-21(7-11-24(14-18)16-20(27)28)4-3-5-22(9-10-23)15-19(25)26/h17-18H,3-16H2,1-2H3,(H,25,26)(H,27,28). The van der Waals surface area contributed by atoms with Crippen LogP contribution in [-0.4, -0.2) is 120 Å². The molecule has 0 aliphatic carbocycles. The summed E-state index contributed by atoms with van der Waals surface area (Å²) in [6, 6.07) is 0. The first-order chi connectivity index (χ1) is 13.3. The molecule has 2 bridgehead atoms. The van der Waals surface area contributed by atoms with Gasteiger partial charge in [0, 0.05) is 58.9 Å². The molecular weight excluding hydrogens is 360 g/mol. The Kier molecular flexibility index (Phi) is 9.64. The Bertz CT molecular complexity index is 503. The maximum Gasteiger partial charge on any atom is 0.317 e. The smallest absolute Gasteiger partial charge is 0.317 e. The lowest BCUT2D eigenvalue weighted by Crippen LogP contribution is -2.50. The second-order valence-corrected chi connectivity index (χ2v) is 8.79. The summed E-state index contributed by atoms with van der Waals surface area (Å²) in [5.41, 5.74) is 0. The third-order valence-corrected chi connectivity index (χ3v) is 5.70. The third kappa shape index (κ3) is 8.86. The molecule has 0 spiro atoms. The number of carboxylic acid groups (broad SMARTS) is 2. The second-order valence-electron chi connectivity index (χ2n) is 8.79. The van der Waals surface area contributed by atoms with Gasteiger partial charge in [-0.05, 0) is 31.2 Å². The van der Waals surface area contributed by atoms with Crippen molar-refractivity contribution >= 4 is 11.9 Å². The van der Waals surface area contributed by atoms with Gasteiger partial charge in [0.1, 0.15) is 0 Å². The van der Waals surface area contributed by atoms with Crippen molar-refractivity contribution in [2.24, 2.45) is 11.8 Å². The van der Waals surface area contributed by atoms with Crippen LogP contribution in [0.2, 0.25) is 0 Å². The number of hydrogen-bond donors (Lipinski definition) is 2. The molecule has 0 saturated carbocycles. The average Bonchev–Trinajstić information content (AvgIpc) is 2.58. The number of rotatable bonds is 6. The molecule has 3 unspecified atom stereocenters. The Morgan fingerprint density at radius 2 is 1.36 bits per heavy atom. The van der Waals surface area contributed by atoms with Crippen molar-refractivity contribution in [1.82, 2.24) is 19.6 Å². The van der Waals surface area contributed by atoms with Crippen LogP contribution in [0.5, 0.6) is 0 Å². The van der Waals surface area contributed by atoms with Crippen LogP contribution in [0.4, 0.5) is 0 Å². The van der Waals surface area contributed by atoms with Crippen LogP contribution in [0.25, 0.3) is 0 Å². The molecule has 0 aromatic carbocycles. The number of fused-ring (bicyclic) bond motifs is 3. The third-order valence-electron chi connectivity index (χ3n) is 5.70. The van der Waals surface area contributed by atoms with E-state index in [-0.39, 0.29) is 13.1 Å². The summed E-state index contributed by atoms with van der Waals surface area (Å²) in [7, 11) is 0. The Morgan fingerprint density at radius 3 is 2.04 bits per heavy atom. The summed E-state index contributed by atoms with van der Waals surface area (Å²) in [4.78, 5) is 31.6. The molecular formula is C20H38N4O4. The lowest BCUT2D eigenvalue weighted by molar-refractivity contribution is -0.139. The highest BCUT2D eigenvalue weighted by atomic mass is 16.4. The molecule has 0 amide bonds. The highest BCUT2D eigenvalue weighted by Crippen LogP contribution is 2.17. The van der Waals surface area contributed by atoms with Gasteiger partial charge in [0.15, 0.2) is 0 Å². The predicted octanol–water partition coefficient (Wildman–Crippen LogP) is 0.443. The van der Waals surface area contributed by atoms with Crippen molar-refractivity contribution < 1.29 is 19.8 Å². The van der Waals surface area contributed by atoms with E-state index in [1.54, 1.807) is 0 Å². The van der Waals surface area contributed by atoms with E-state index in [0.29, 0.717) is 11.8 Å². The largest absolute Gasteiger partial charge is 0.480 e. The molecule has 3 atom stereocenters. The van der Waals surface area contributed by atoms with E-state index in [4.69, 9.17) is 0 Å². The van der Waals surface area contributed by atoms with Gasteiger partial charge in [-0.15, -0.1) is 0 Å². The van der Waals surface area contributed by atoms with Crippen molar-refractivity contribution in [3.63, 3.8) is 0 Å². The zero-order chi connectivity index (χ0) is 20.5. The van der Waals surface area contributed by atoms with Crippen molar-refractivity contribution in [2.45, 2.75) is 26.7 Å². The van der Waals surface area contributed by atoms with Gasteiger partial charge in [-0.1, -0.05) is 13.8 Å². The SMILES string of the molecule is CC(C)CC1CN2CCN(CCCN(CC(=O)O)CC2)CCN(CC(=O)O)C1. The van der Waals surface area contributed by atoms with E-state index < -0.39 is 11.9 Å². The molecule has 2 aliphatic heterocycles. The molecule has 0 aromatic rings. The van der Waals surface area contributed by atoms with Crippen molar-refractivity contribution in [2.75, 3.05) is 78.5 Å². The van der Waals surface area contributed by atoms with E-state index in [1.165, 1.54) is 0 Å². The first kappa shape index (κ1) is 23.1. The lowest BCUT2D eigenvalue weighted by atomic mass is 9.95. The van der Waals surface area contributed by atoms with Crippen LogP contribution in [0.1, 0.15) is 26.7 Å². The van der Waals surface area contributed by atoms with Gasteiger partial charge in [0.05, 0.1) is 13.1 Å². The van der Waals surface area contributed by atoms with Crippen LogP contribution in [0, 0.1) is 11.8 Å². The van der Waals surface area contributed by atoms with Gasteiger partial charge in [0.2, 0.25) is 0 Å². The molecule has 8 nitrogen and oxygen atoms in total. The molecule has 0 radical (unpaired) electrons. The molecule has 2 heterocycles. The van der Waals surface area contributed by atoms with Gasteiger partial charge >= 0.3 is 11.9 Å². The predicted molar refractivity (Wildman–Crippen MR) is 109 cm³/mol. The fraction of sp³-hybridized carbons (Fsp3) is 0.900. The molecule has 2 aliphatic rings. The van der Waals surface area contributed by atoms with E-state index >= 15 is 0 Å². The Labute approximate surface area is 169 Å². The summed E-state index contributed by atoms with van der Waals surface area (Å²) in [5.74, 6) is -0.514. The van der Waals surface area contributed by atoms with E-state index in [1.807, 2.05) is 0 Å². The summed E-state index contributed by atoms with van der Waals surface area (Å²) < 4.78 is 0. The Balaban J connectivity index is 2.12. The van der Waals surface area contributed by atoms with Crippen molar-refractivity contribution in [3.8, 4) is 0 Å². The van der Waals surface area contributed by atoms with Crippen LogP contribution >= 0.6 is 0 Å². The Hall–Kier alpha value is -1.22. The minimum atomic E-state index is -0.761. The number of hydrogen-bond acceptors (Lipinski definition) is 6. The van der Waals surface area contributed by atoms with E-state index in [0.717, 1.165) is 78.3 Å². The summed E-state index contributed by atoms with van der Waals surface area (Å²) in [5, 5.41) is 18.5. The fourth-order valence-corrected chi connectivity index (χ4v) is 4.49. The molecule has 2 fully saturated rings. The Morgan fingerprint density at radius 1 is 0.786 bits per heavy atom. The lowest BCUT2D eigenvalue weighted by Gasteiger charge is -2.38. The number of carbonyl (C=O) groups is 2. The highest BCUT2D eigenvalue weighted by molar-refractivity contribution is 5.69. The molecule has 8 heteroatoms. The van der Waals surface area contributed by atoms with Gasteiger partial charge in [-0.2, -0.15) is 0 Å².